The lowest BCUT2D eigenvalue weighted by atomic mass is 10.3. The van der Waals surface area contributed by atoms with Crippen LogP contribution in [-0.2, 0) is 11.3 Å². The average molecular weight is 253 g/mol. The second kappa shape index (κ2) is 6.75. The fraction of sp³-hybridized carbons (Fsp3) is 0.545. The minimum absolute atomic E-state index is 0.0942. The zero-order valence-electron chi connectivity index (χ0n) is 10.7. The summed E-state index contributed by atoms with van der Waals surface area (Å²) >= 11 is 0. The van der Waals surface area contributed by atoms with Crippen molar-refractivity contribution in [3.8, 4) is 0 Å². The second-order valence-corrected chi connectivity index (χ2v) is 3.94. The van der Waals surface area contributed by atoms with Crippen molar-refractivity contribution in [1.82, 2.24) is 19.8 Å². The van der Waals surface area contributed by atoms with Gasteiger partial charge in [0.2, 0.25) is 5.91 Å². The first-order valence-electron chi connectivity index (χ1n) is 5.76. The summed E-state index contributed by atoms with van der Waals surface area (Å²) in [6.07, 6.45) is 3.51. The first-order valence-corrected chi connectivity index (χ1v) is 5.76. The molecule has 0 spiro atoms. The van der Waals surface area contributed by atoms with Crippen LogP contribution < -0.4 is 11.1 Å². The Balaban J connectivity index is 2.54. The molecule has 100 valence electrons. The zero-order chi connectivity index (χ0) is 13.5. The third-order valence-electron chi connectivity index (χ3n) is 2.54. The number of nitrogens with two attached hydrogens (primary N) is 1. The maximum atomic E-state index is 12.0. The summed E-state index contributed by atoms with van der Waals surface area (Å²) < 4.78 is 1.76. The van der Waals surface area contributed by atoms with Crippen LogP contribution in [-0.4, -0.2) is 53.5 Å². The van der Waals surface area contributed by atoms with Gasteiger partial charge in [0.25, 0.3) is 5.91 Å². The maximum Gasteiger partial charge on any atom is 0.273 e. The molecule has 0 fully saturated rings. The van der Waals surface area contributed by atoms with E-state index in [-0.39, 0.29) is 18.2 Å². The standard InChI is InChI=1S/C11H19N5O2/c1-13-10(17)3-5-15(2)11(18)9-7-16(6-4-12)8-14-9/h7-8H,3-6,12H2,1-2H3,(H,13,17). The molecule has 7 heteroatoms. The molecule has 0 aliphatic carbocycles. The molecular formula is C11H19N5O2. The van der Waals surface area contributed by atoms with E-state index in [0.717, 1.165) is 0 Å². The van der Waals surface area contributed by atoms with Crippen molar-refractivity contribution in [3.05, 3.63) is 18.2 Å². The second-order valence-electron chi connectivity index (χ2n) is 3.94. The van der Waals surface area contributed by atoms with E-state index in [9.17, 15) is 9.59 Å². The number of imidazole rings is 1. The number of carbonyl (C=O) groups is 2. The topological polar surface area (TPSA) is 93.2 Å². The first-order chi connectivity index (χ1) is 8.58. The molecule has 0 unspecified atom stereocenters. The van der Waals surface area contributed by atoms with Gasteiger partial charge in [-0.3, -0.25) is 9.59 Å². The third-order valence-corrected chi connectivity index (χ3v) is 2.54. The van der Waals surface area contributed by atoms with Crippen molar-refractivity contribution >= 4 is 11.8 Å². The van der Waals surface area contributed by atoms with Crippen molar-refractivity contribution in [2.24, 2.45) is 5.73 Å². The average Bonchev–Trinajstić information content (AvgIpc) is 2.83. The SMILES string of the molecule is CNC(=O)CCN(C)C(=O)c1cn(CCN)cn1. The lowest BCUT2D eigenvalue weighted by molar-refractivity contribution is -0.120. The molecule has 1 rings (SSSR count). The molecule has 3 N–H and O–H groups in total. The number of rotatable bonds is 6. The van der Waals surface area contributed by atoms with Crippen LogP contribution in [0.25, 0.3) is 0 Å². The van der Waals surface area contributed by atoms with Crippen LogP contribution in [0.1, 0.15) is 16.9 Å². The lowest BCUT2D eigenvalue weighted by Crippen LogP contribution is -2.31. The maximum absolute atomic E-state index is 12.0. The number of nitrogens with one attached hydrogen (secondary N) is 1. The Morgan fingerprint density at radius 3 is 2.89 bits per heavy atom. The van der Waals surface area contributed by atoms with Crippen molar-refractivity contribution in [2.75, 3.05) is 27.2 Å². The molecule has 0 aliphatic heterocycles. The van der Waals surface area contributed by atoms with Gasteiger partial charge in [0, 0.05) is 46.3 Å². The molecule has 0 radical (unpaired) electrons. The Hall–Kier alpha value is -1.89. The fourth-order valence-electron chi connectivity index (χ4n) is 1.43. The van der Waals surface area contributed by atoms with E-state index in [2.05, 4.69) is 10.3 Å². The van der Waals surface area contributed by atoms with Crippen molar-refractivity contribution in [2.45, 2.75) is 13.0 Å². The number of nitrogens with zero attached hydrogens (tertiary/aromatic N) is 3. The van der Waals surface area contributed by atoms with Gasteiger partial charge in [-0.2, -0.15) is 0 Å². The van der Waals surface area contributed by atoms with Gasteiger partial charge in [0.15, 0.2) is 0 Å². The van der Waals surface area contributed by atoms with Crippen LogP contribution in [0.3, 0.4) is 0 Å². The highest BCUT2D eigenvalue weighted by Gasteiger charge is 2.15. The Kier molecular flexibility index (Phi) is 5.31. The summed E-state index contributed by atoms with van der Waals surface area (Å²) in [6, 6.07) is 0. The normalized spacial score (nSPS) is 10.2. The highest BCUT2D eigenvalue weighted by molar-refractivity contribution is 5.92. The van der Waals surface area contributed by atoms with E-state index in [1.807, 2.05) is 0 Å². The Morgan fingerprint density at radius 1 is 1.56 bits per heavy atom. The molecule has 0 saturated heterocycles. The highest BCUT2D eigenvalue weighted by atomic mass is 16.2. The predicted octanol–water partition coefficient (Wildman–Crippen LogP) is -0.950. The molecule has 1 aromatic rings. The van der Waals surface area contributed by atoms with Crippen molar-refractivity contribution < 1.29 is 9.59 Å². The van der Waals surface area contributed by atoms with Gasteiger partial charge in [-0.05, 0) is 0 Å². The van der Waals surface area contributed by atoms with E-state index in [4.69, 9.17) is 5.73 Å². The number of carbonyl (C=O) groups excluding carboxylic acids is 2. The molecule has 0 atom stereocenters. The summed E-state index contributed by atoms with van der Waals surface area (Å²) in [5.74, 6) is -0.294. The minimum Gasteiger partial charge on any atom is -0.359 e. The number of hydrogen-bond donors (Lipinski definition) is 2. The quantitative estimate of drug-likeness (QED) is 0.683. The fourth-order valence-corrected chi connectivity index (χ4v) is 1.43. The highest BCUT2D eigenvalue weighted by Crippen LogP contribution is 2.01. The summed E-state index contributed by atoms with van der Waals surface area (Å²) in [7, 11) is 3.21. The molecule has 0 aromatic carbocycles. The molecule has 7 nitrogen and oxygen atoms in total. The minimum atomic E-state index is -0.199. The molecule has 0 aliphatic rings. The lowest BCUT2D eigenvalue weighted by Gasteiger charge is -2.14. The Morgan fingerprint density at radius 2 is 2.28 bits per heavy atom. The molecule has 0 saturated carbocycles. The third kappa shape index (κ3) is 3.85. The van der Waals surface area contributed by atoms with E-state index in [0.29, 0.717) is 25.3 Å². The van der Waals surface area contributed by atoms with Gasteiger partial charge in [-0.25, -0.2) is 4.98 Å². The van der Waals surface area contributed by atoms with Gasteiger partial charge < -0.3 is 20.5 Å². The molecule has 2 amide bonds. The van der Waals surface area contributed by atoms with E-state index >= 15 is 0 Å². The van der Waals surface area contributed by atoms with Crippen molar-refractivity contribution in [1.29, 1.82) is 0 Å². The van der Waals surface area contributed by atoms with E-state index in [1.165, 1.54) is 4.90 Å². The van der Waals surface area contributed by atoms with Gasteiger partial charge in [0.1, 0.15) is 5.69 Å². The van der Waals surface area contributed by atoms with Crippen LogP contribution >= 0.6 is 0 Å². The van der Waals surface area contributed by atoms with Crippen LogP contribution in [0, 0.1) is 0 Å². The predicted molar refractivity (Wildman–Crippen MR) is 66.9 cm³/mol. The number of aromatic nitrogens is 2. The largest absolute Gasteiger partial charge is 0.359 e. The van der Waals surface area contributed by atoms with Crippen LogP contribution in [0.4, 0.5) is 0 Å². The number of amides is 2. The first kappa shape index (κ1) is 14.2. The Bertz CT molecular complexity index is 415. The summed E-state index contributed by atoms with van der Waals surface area (Å²) in [5, 5.41) is 2.51. The summed E-state index contributed by atoms with van der Waals surface area (Å²) in [6.45, 7) is 1.49. The monoisotopic (exact) mass is 253 g/mol. The van der Waals surface area contributed by atoms with Gasteiger partial charge in [0.05, 0.1) is 6.33 Å². The molecule has 0 bridgehead atoms. The molecule has 1 aromatic heterocycles. The van der Waals surface area contributed by atoms with Crippen LogP contribution in [0.2, 0.25) is 0 Å². The Labute approximate surface area is 106 Å². The van der Waals surface area contributed by atoms with Gasteiger partial charge in [-0.15, -0.1) is 0 Å². The number of hydrogen-bond acceptors (Lipinski definition) is 4. The zero-order valence-corrected chi connectivity index (χ0v) is 10.7. The molecule has 1 heterocycles. The summed E-state index contributed by atoms with van der Waals surface area (Å²) in [5.41, 5.74) is 5.78. The van der Waals surface area contributed by atoms with Gasteiger partial charge >= 0.3 is 0 Å². The van der Waals surface area contributed by atoms with E-state index in [1.54, 1.807) is 31.2 Å². The van der Waals surface area contributed by atoms with Crippen LogP contribution in [0.15, 0.2) is 12.5 Å². The van der Waals surface area contributed by atoms with Crippen molar-refractivity contribution in [3.63, 3.8) is 0 Å². The summed E-state index contributed by atoms with van der Waals surface area (Å²) in [4.78, 5) is 28.5. The smallest absolute Gasteiger partial charge is 0.273 e. The molecule has 18 heavy (non-hydrogen) atoms. The van der Waals surface area contributed by atoms with E-state index < -0.39 is 0 Å². The molecular weight excluding hydrogens is 234 g/mol. The van der Waals surface area contributed by atoms with Crippen LogP contribution in [0.5, 0.6) is 0 Å². The van der Waals surface area contributed by atoms with Gasteiger partial charge in [-0.1, -0.05) is 0 Å².